The summed E-state index contributed by atoms with van der Waals surface area (Å²) < 4.78 is 6.45. The van der Waals surface area contributed by atoms with Crippen LogP contribution < -0.4 is 16.2 Å². The van der Waals surface area contributed by atoms with Gasteiger partial charge in [0.05, 0.1) is 10.0 Å². The zero-order valence-corrected chi connectivity index (χ0v) is 11.9. The molecule has 0 aromatic heterocycles. The summed E-state index contributed by atoms with van der Waals surface area (Å²) >= 11 is 3.38. The number of benzene rings is 2. The van der Waals surface area contributed by atoms with Gasteiger partial charge >= 0.3 is 0 Å². The number of halogens is 1. The molecule has 0 aliphatic carbocycles. The van der Waals surface area contributed by atoms with Crippen LogP contribution in [0.2, 0.25) is 0 Å². The standard InChI is InChI=1S/C14H13BrN2O2/c1-8-6-13(10(15)7-11(8)16)19-12-5-3-2-4-9(12)14(17)18/h2-7H,16H2,1H3,(H2,17,18). The van der Waals surface area contributed by atoms with Crippen molar-refractivity contribution in [2.24, 2.45) is 5.73 Å². The lowest BCUT2D eigenvalue weighted by Gasteiger charge is -2.12. The number of aryl methyl sites for hydroxylation is 1. The Kier molecular flexibility index (Phi) is 3.76. The summed E-state index contributed by atoms with van der Waals surface area (Å²) in [5.74, 6) is 0.471. The van der Waals surface area contributed by atoms with Crippen LogP contribution >= 0.6 is 15.9 Å². The monoisotopic (exact) mass is 320 g/mol. The minimum Gasteiger partial charge on any atom is -0.455 e. The lowest BCUT2D eigenvalue weighted by Crippen LogP contribution is -2.12. The molecule has 0 bridgehead atoms. The number of carbonyl (C=O) groups is 1. The van der Waals surface area contributed by atoms with Crippen molar-refractivity contribution in [1.82, 2.24) is 0 Å². The van der Waals surface area contributed by atoms with Crippen molar-refractivity contribution in [1.29, 1.82) is 0 Å². The maximum absolute atomic E-state index is 11.3. The first-order chi connectivity index (χ1) is 8.99. The van der Waals surface area contributed by atoms with Crippen molar-refractivity contribution in [3.8, 4) is 11.5 Å². The maximum Gasteiger partial charge on any atom is 0.252 e. The van der Waals surface area contributed by atoms with Gasteiger partial charge in [-0.25, -0.2) is 0 Å². The minimum atomic E-state index is -0.529. The highest BCUT2D eigenvalue weighted by molar-refractivity contribution is 9.10. The summed E-state index contributed by atoms with van der Waals surface area (Å²) in [5.41, 5.74) is 13.0. The first-order valence-electron chi connectivity index (χ1n) is 5.61. The normalized spacial score (nSPS) is 10.2. The first kappa shape index (κ1) is 13.4. The van der Waals surface area contributed by atoms with Gasteiger partial charge in [0.1, 0.15) is 11.5 Å². The molecule has 1 amide bonds. The van der Waals surface area contributed by atoms with E-state index in [4.69, 9.17) is 16.2 Å². The number of nitrogens with two attached hydrogens (primary N) is 2. The fourth-order valence-corrected chi connectivity index (χ4v) is 2.07. The molecule has 0 unspecified atom stereocenters. The summed E-state index contributed by atoms with van der Waals surface area (Å²) in [6.07, 6.45) is 0. The lowest BCUT2D eigenvalue weighted by molar-refractivity contribution is 0.0998. The average Bonchev–Trinajstić information content (AvgIpc) is 2.36. The van der Waals surface area contributed by atoms with Crippen molar-refractivity contribution in [3.63, 3.8) is 0 Å². The highest BCUT2D eigenvalue weighted by Crippen LogP contribution is 2.34. The van der Waals surface area contributed by atoms with E-state index in [1.54, 1.807) is 36.4 Å². The number of nitrogen functional groups attached to an aromatic ring is 1. The van der Waals surface area contributed by atoms with Gasteiger partial charge in [0, 0.05) is 5.69 Å². The van der Waals surface area contributed by atoms with Crippen LogP contribution in [0.5, 0.6) is 11.5 Å². The molecule has 0 radical (unpaired) electrons. The highest BCUT2D eigenvalue weighted by atomic mass is 79.9. The van der Waals surface area contributed by atoms with Crippen molar-refractivity contribution < 1.29 is 9.53 Å². The summed E-state index contributed by atoms with van der Waals surface area (Å²) in [6.45, 7) is 1.88. The SMILES string of the molecule is Cc1cc(Oc2ccccc2C(N)=O)c(Br)cc1N. The van der Waals surface area contributed by atoms with Crippen LogP contribution in [0, 0.1) is 6.92 Å². The van der Waals surface area contributed by atoms with E-state index in [1.165, 1.54) is 0 Å². The fraction of sp³-hybridized carbons (Fsp3) is 0.0714. The predicted molar refractivity (Wildman–Crippen MR) is 78.3 cm³/mol. The number of anilines is 1. The van der Waals surface area contributed by atoms with Crippen molar-refractivity contribution in [2.75, 3.05) is 5.73 Å². The first-order valence-corrected chi connectivity index (χ1v) is 6.40. The number of para-hydroxylation sites is 1. The third-order valence-corrected chi connectivity index (χ3v) is 3.31. The Bertz CT molecular complexity index is 641. The molecule has 4 N–H and O–H groups in total. The van der Waals surface area contributed by atoms with Crippen LogP contribution in [0.25, 0.3) is 0 Å². The minimum absolute atomic E-state index is 0.337. The summed E-state index contributed by atoms with van der Waals surface area (Å²) in [6, 6.07) is 10.4. The number of hydrogen-bond donors (Lipinski definition) is 2. The van der Waals surface area contributed by atoms with E-state index in [-0.39, 0.29) is 0 Å². The molecule has 0 aliphatic heterocycles. The van der Waals surface area contributed by atoms with Crippen molar-refractivity contribution >= 4 is 27.5 Å². The molecule has 0 atom stereocenters. The molecule has 0 heterocycles. The highest BCUT2D eigenvalue weighted by Gasteiger charge is 2.11. The van der Waals surface area contributed by atoms with Crippen LogP contribution in [-0.2, 0) is 0 Å². The summed E-state index contributed by atoms with van der Waals surface area (Å²) in [4.78, 5) is 11.3. The average molecular weight is 321 g/mol. The van der Waals surface area contributed by atoms with E-state index in [0.717, 1.165) is 10.0 Å². The molecule has 2 rings (SSSR count). The van der Waals surface area contributed by atoms with Gasteiger partial charge in [0.15, 0.2) is 0 Å². The van der Waals surface area contributed by atoms with Crippen LogP contribution in [0.4, 0.5) is 5.69 Å². The Hall–Kier alpha value is -2.01. The van der Waals surface area contributed by atoms with Gasteiger partial charge in [-0.15, -0.1) is 0 Å². The second-order valence-electron chi connectivity index (χ2n) is 4.10. The quantitative estimate of drug-likeness (QED) is 0.852. The third kappa shape index (κ3) is 2.88. The number of amides is 1. The maximum atomic E-state index is 11.3. The summed E-state index contributed by atoms with van der Waals surface area (Å²) in [7, 11) is 0. The molecule has 5 heteroatoms. The molecular weight excluding hydrogens is 308 g/mol. The van der Waals surface area contributed by atoms with E-state index >= 15 is 0 Å². The Labute approximate surface area is 119 Å². The molecule has 0 spiro atoms. The van der Waals surface area contributed by atoms with Gasteiger partial charge in [-0.3, -0.25) is 4.79 Å². The molecular formula is C14H13BrN2O2. The molecule has 0 fully saturated rings. The van der Waals surface area contributed by atoms with Crippen LogP contribution in [0.3, 0.4) is 0 Å². The molecule has 4 nitrogen and oxygen atoms in total. The van der Waals surface area contributed by atoms with E-state index in [2.05, 4.69) is 15.9 Å². The number of hydrogen-bond acceptors (Lipinski definition) is 3. The fourth-order valence-electron chi connectivity index (χ4n) is 1.63. The Morgan fingerprint density at radius 2 is 1.89 bits per heavy atom. The largest absolute Gasteiger partial charge is 0.455 e. The van der Waals surface area contributed by atoms with Crippen LogP contribution in [0.1, 0.15) is 15.9 Å². The van der Waals surface area contributed by atoms with Gasteiger partial charge in [-0.1, -0.05) is 12.1 Å². The second-order valence-corrected chi connectivity index (χ2v) is 4.96. The Morgan fingerprint density at radius 3 is 2.58 bits per heavy atom. The van der Waals surface area contributed by atoms with Gasteiger partial charge in [0.2, 0.25) is 0 Å². The van der Waals surface area contributed by atoms with Crippen molar-refractivity contribution in [3.05, 3.63) is 52.0 Å². The lowest BCUT2D eigenvalue weighted by atomic mass is 10.2. The van der Waals surface area contributed by atoms with Gasteiger partial charge in [-0.05, 0) is 52.7 Å². The van der Waals surface area contributed by atoms with Crippen LogP contribution in [-0.4, -0.2) is 5.91 Å². The van der Waals surface area contributed by atoms with Gasteiger partial charge in [-0.2, -0.15) is 0 Å². The molecule has 2 aromatic rings. The molecule has 2 aromatic carbocycles. The summed E-state index contributed by atoms with van der Waals surface area (Å²) in [5, 5.41) is 0. The number of ether oxygens (including phenoxy) is 1. The van der Waals surface area contributed by atoms with Crippen molar-refractivity contribution in [2.45, 2.75) is 6.92 Å². The van der Waals surface area contributed by atoms with E-state index in [0.29, 0.717) is 22.7 Å². The van der Waals surface area contributed by atoms with E-state index in [1.807, 2.05) is 6.92 Å². The Morgan fingerprint density at radius 1 is 1.21 bits per heavy atom. The smallest absolute Gasteiger partial charge is 0.252 e. The zero-order chi connectivity index (χ0) is 14.0. The third-order valence-electron chi connectivity index (χ3n) is 2.69. The predicted octanol–water partition coefficient (Wildman–Crippen LogP) is 3.23. The zero-order valence-electron chi connectivity index (χ0n) is 10.3. The topological polar surface area (TPSA) is 78.3 Å². The van der Waals surface area contributed by atoms with Gasteiger partial charge < -0.3 is 16.2 Å². The number of primary amides is 1. The van der Waals surface area contributed by atoms with E-state index in [9.17, 15) is 4.79 Å². The molecule has 19 heavy (non-hydrogen) atoms. The number of rotatable bonds is 3. The molecule has 0 saturated carbocycles. The molecule has 0 saturated heterocycles. The van der Waals surface area contributed by atoms with Gasteiger partial charge in [0.25, 0.3) is 5.91 Å². The second kappa shape index (κ2) is 5.32. The number of carbonyl (C=O) groups excluding carboxylic acids is 1. The van der Waals surface area contributed by atoms with E-state index < -0.39 is 5.91 Å². The van der Waals surface area contributed by atoms with Crippen LogP contribution in [0.15, 0.2) is 40.9 Å². The molecule has 0 aliphatic rings. The molecule has 98 valence electrons. The Balaban J connectivity index is 2.42.